The number of hydrogen-bond acceptors (Lipinski definition) is 5. The molecule has 0 unspecified atom stereocenters. The third kappa shape index (κ3) is 3.74. The van der Waals surface area contributed by atoms with E-state index in [2.05, 4.69) is 9.97 Å². The number of aromatic nitrogens is 2. The number of hydrogen-bond donors (Lipinski definition) is 1. The average Bonchev–Trinajstić information content (AvgIpc) is 2.57. The van der Waals surface area contributed by atoms with Gasteiger partial charge in [0.25, 0.3) is 11.2 Å². The molecule has 1 aromatic carbocycles. The smallest absolute Gasteiger partial charge is 0.269 e. The van der Waals surface area contributed by atoms with Crippen molar-refractivity contribution in [3.8, 4) is 0 Å². The zero-order chi connectivity index (χ0) is 18.0. The first-order valence-corrected chi connectivity index (χ1v) is 8.24. The van der Waals surface area contributed by atoms with Crippen molar-refractivity contribution in [3.63, 3.8) is 0 Å². The molecular formula is C17H19FN4O3. The van der Waals surface area contributed by atoms with Crippen LogP contribution in [0, 0.1) is 15.9 Å². The first-order chi connectivity index (χ1) is 12.0. The van der Waals surface area contributed by atoms with Crippen LogP contribution in [0.4, 0.5) is 10.1 Å². The van der Waals surface area contributed by atoms with Crippen molar-refractivity contribution < 1.29 is 9.31 Å². The van der Waals surface area contributed by atoms with Crippen LogP contribution in [0.25, 0.3) is 0 Å². The molecule has 132 valence electrons. The summed E-state index contributed by atoms with van der Waals surface area (Å²) in [6, 6.07) is 3.50. The normalized spacial score (nSPS) is 14.3. The maximum atomic E-state index is 14.0. The Morgan fingerprint density at radius 1 is 1.44 bits per heavy atom. The molecule has 25 heavy (non-hydrogen) atoms. The topological polar surface area (TPSA) is 92.1 Å². The van der Waals surface area contributed by atoms with Crippen molar-refractivity contribution in [2.24, 2.45) is 0 Å². The quantitative estimate of drug-likeness (QED) is 0.663. The molecule has 0 saturated heterocycles. The molecule has 3 rings (SSSR count). The summed E-state index contributed by atoms with van der Waals surface area (Å²) >= 11 is 0. The monoisotopic (exact) mass is 346 g/mol. The minimum atomic E-state index is -0.543. The van der Waals surface area contributed by atoms with Gasteiger partial charge in [-0.25, -0.2) is 9.37 Å². The lowest BCUT2D eigenvalue weighted by Gasteiger charge is -2.27. The second-order valence-corrected chi connectivity index (χ2v) is 6.18. The lowest BCUT2D eigenvalue weighted by Crippen LogP contribution is -2.36. The number of nitrogens with one attached hydrogen (secondary N) is 1. The van der Waals surface area contributed by atoms with Gasteiger partial charge >= 0.3 is 0 Å². The SMILES string of the molecule is CCCc1nc2c(c(=O)[nH]1)CN(Cc1cc([N+](=O)[O-])ccc1F)CC2. The van der Waals surface area contributed by atoms with E-state index >= 15 is 0 Å². The summed E-state index contributed by atoms with van der Waals surface area (Å²) in [6.45, 7) is 3.21. The van der Waals surface area contributed by atoms with Gasteiger partial charge in [-0.1, -0.05) is 6.92 Å². The number of rotatable bonds is 5. The van der Waals surface area contributed by atoms with Crippen LogP contribution in [0.2, 0.25) is 0 Å². The first kappa shape index (κ1) is 17.2. The molecule has 0 bridgehead atoms. The molecular weight excluding hydrogens is 327 g/mol. The summed E-state index contributed by atoms with van der Waals surface area (Å²) in [7, 11) is 0. The molecule has 8 heteroatoms. The highest BCUT2D eigenvalue weighted by molar-refractivity contribution is 5.35. The van der Waals surface area contributed by atoms with Gasteiger partial charge in [0.05, 0.1) is 16.2 Å². The van der Waals surface area contributed by atoms with Gasteiger partial charge in [-0.2, -0.15) is 0 Å². The molecule has 7 nitrogen and oxygen atoms in total. The zero-order valence-corrected chi connectivity index (χ0v) is 13.9. The van der Waals surface area contributed by atoms with E-state index in [0.717, 1.165) is 30.7 Å². The Balaban J connectivity index is 1.81. The number of non-ortho nitro benzene ring substituents is 1. The maximum absolute atomic E-state index is 14.0. The van der Waals surface area contributed by atoms with Crippen molar-refractivity contribution in [2.75, 3.05) is 6.54 Å². The van der Waals surface area contributed by atoms with Crippen molar-refractivity contribution in [3.05, 3.63) is 67.1 Å². The van der Waals surface area contributed by atoms with E-state index in [9.17, 15) is 19.3 Å². The number of aryl methyl sites for hydroxylation is 1. The van der Waals surface area contributed by atoms with Gasteiger partial charge in [0.15, 0.2) is 0 Å². The van der Waals surface area contributed by atoms with Crippen LogP contribution in [0.1, 0.15) is 36.0 Å². The Morgan fingerprint density at radius 3 is 2.96 bits per heavy atom. The highest BCUT2D eigenvalue weighted by Gasteiger charge is 2.22. The van der Waals surface area contributed by atoms with E-state index in [4.69, 9.17) is 0 Å². The molecule has 2 heterocycles. The number of H-pyrrole nitrogens is 1. The van der Waals surface area contributed by atoms with Crippen molar-refractivity contribution >= 4 is 5.69 Å². The molecule has 1 aliphatic rings. The van der Waals surface area contributed by atoms with Gasteiger partial charge in [0.2, 0.25) is 0 Å². The average molecular weight is 346 g/mol. The van der Waals surface area contributed by atoms with E-state index in [1.165, 1.54) is 6.07 Å². The summed E-state index contributed by atoms with van der Waals surface area (Å²) in [5.41, 5.74) is 1.35. The van der Waals surface area contributed by atoms with Gasteiger partial charge in [0.1, 0.15) is 11.6 Å². The van der Waals surface area contributed by atoms with Gasteiger partial charge < -0.3 is 4.98 Å². The van der Waals surface area contributed by atoms with Crippen LogP contribution >= 0.6 is 0 Å². The summed E-state index contributed by atoms with van der Waals surface area (Å²) in [4.78, 5) is 31.8. The standard InChI is InChI=1S/C17H19FN4O3/c1-2-3-16-19-15-6-7-21(10-13(15)17(23)20-16)9-11-8-12(22(24)25)4-5-14(11)18/h4-5,8H,2-3,6-7,9-10H2,1H3,(H,19,20,23). The Kier molecular flexibility index (Phi) is 4.89. The second kappa shape index (κ2) is 7.10. The fourth-order valence-electron chi connectivity index (χ4n) is 3.06. The van der Waals surface area contributed by atoms with E-state index in [0.29, 0.717) is 30.9 Å². The summed E-state index contributed by atoms with van der Waals surface area (Å²) in [5, 5.41) is 10.9. The predicted molar refractivity (Wildman–Crippen MR) is 89.7 cm³/mol. The molecule has 1 N–H and O–H groups in total. The lowest BCUT2D eigenvalue weighted by atomic mass is 10.1. The number of benzene rings is 1. The third-order valence-corrected chi connectivity index (χ3v) is 4.32. The minimum absolute atomic E-state index is 0.141. The summed E-state index contributed by atoms with van der Waals surface area (Å²) < 4.78 is 14.0. The summed E-state index contributed by atoms with van der Waals surface area (Å²) in [5.74, 6) is 0.214. The summed E-state index contributed by atoms with van der Waals surface area (Å²) in [6.07, 6.45) is 2.23. The molecule has 0 radical (unpaired) electrons. The van der Waals surface area contributed by atoms with Gasteiger partial charge in [0, 0.05) is 50.2 Å². The highest BCUT2D eigenvalue weighted by atomic mass is 19.1. The highest BCUT2D eigenvalue weighted by Crippen LogP contribution is 2.21. The van der Waals surface area contributed by atoms with Crippen LogP contribution in [-0.2, 0) is 25.9 Å². The minimum Gasteiger partial charge on any atom is -0.310 e. The first-order valence-electron chi connectivity index (χ1n) is 8.24. The van der Waals surface area contributed by atoms with Crippen LogP contribution in [0.15, 0.2) is 23.0 Å². The van der Waals surface area contributed by atoms with E-state index in [1.807, 2.05) is 11.8 Å². The molecule has 0 amide bonds. The Morgan fingerprint density at radius 2 is 2.24 bits per heavy atom. The number of halogens is 1. The molecule has 0 atom stereocenters. The van der Waals surface area contributed by atoms with Crippen LogP contribution in [0.3, 0.4) is 0 Å². The van der Waals surface area contributed by atoms with E-state index in [1.54, 1.807) is 0 Å². The molecule has 0 saturated carbocycles. The number of aromatic amines is 1. The lowest BCUT2D eigenvalue weighted by molar-refractivity contribution is -0.385. The molecule has 0 fully saturated rings. The van der Waals surface area contributed by atoms with Crippen LogP contribution in [0.5, 0.6) is 0 Å². The van der Waals surface area contributed by atoms with Gasteiger partial charge in [-0.05, 0) is 12.5 Å². The largest absolute Gasteiger partial charge is 0.310 e. The molecule has 1 aliphatic heterocycles. The Bertz CT molecular complexity index is 865. The molecule has 0 spiro atoms. The number of nitro benzene ring substituents is 1. The molecule has 0 aliphatic carbocycles. The Labute approximate surface area is 143 Å². The van der Waals surface area contributed by atoms with E-state index < -0.39 is 10.7 Å². The van der Waals surface area contributed by atoms with Gasteiger partial charge in [-0.3, -0.25) is 19.8 Å². The van der Waals surface area contributed by atoms with Crippen molar-refractivity contribution in [2.45, 2.75) is 39.3 Å². The predicted octanol–water partition coefficient (Wildman–Crippen LogP) is 2.33. The number of fused-ring (bicyclic) bond motifs is 1. The number of nitro groups is 1. The zero-order valence-electron chi connectivity index (χ0n) is 13.9. The maximum Gasteiger partial charge on any atom is 0.269 e. The number of nitrogens with zero attached hydrogens (tertiary/aromatic N) is 3. The van der Waals surface area contributed by atoms with Crippen LogP contribution in [-0.4, -0.2) is 26.3 Å². The van der Waals surface area contributed by atoms with E-state index in [-0.39, 0.29) is 23.4 Å². The fourth-order valence-corrected chi connectivity index (χ4v) is 3.06. The molecule has 1 aromatic heterocycles. The molecule has 2 aromatic rings. The van der Waals surface area contributed by atoms with Gasteiger partial charge in [-0.15, -0.1) is 0 Å². The fraction of sp³-hybridized carbons (Fsp3) is 0.412. The third-order valence-electron chi connectivity index (χ3n) is 4.32. The Hall–Kier alpha value is -2.61. The van der Waals surface area contributed by atoms with Crippen molar-refractivity contribution in [1.29, 1.82) is 0 Å². The van der Waals surface area contributed by atoms with Crippen LogP contribution < -0.4 is 5.56 Å². The second-order valence-electron chi connectivity index (χ2n) is 6.18. The van der Waals surface area contributed by atoms with Crippen molar-refractivity contribution in [1.82, 2.24) is 14.9 Å².